The summed E-state index contributed by atoms with van der Waals surface area (Å²) in [6, 6.07) is 18.7. The Balaban J connectivity index is 1.40. The van der Waals surface area contributed by atoms with Crippen molar-refractivity contribution in [2.45, 2.75) is 6.10 Å². The molecular formula is C21H19NO4. The monoisotopic (exact) mass is 349 g/mol. The lowest BCUT2D eigenvalue weighted by Gasteiger charge is -2.29. The molecule has 0 N–H and O–H groups in total. The second-order valence-corrected chi connectivity index (χ2v) is 6.24. The van der Waals surface area contributed by atoms with Crippen LogP contribution in [0.5, 0.6) is 11.5 Å². The number of likely N-dealkylation sites (N-methyl/N-ethyl adjacent to an activating group) is 1. The van der Waals surface area contributed by atoms with E-state index in [9.17, 15) is 4.79 Å². The van der Waals surface area contributed by atoms with Gasteiger partial charge in [0.2, 0.25) is 0 Å². The van der Waals surface area contributed by atoms with Crippen molar-refractivity contribution >= 4 is 5.91 Å². The van der Waals surface area contributed by atoms with E-state index in [1.165, 1.54) is 0 Å². The fourth-order valence-electron chi connectivity index (χ4n) is 2.98. The molecule has 0 aliphatic carbocycles. The van der Waals surface area contributed by atoms with Crippen molar-refractivity contribution in [1.82, 2.24) is 4.90 Å². The number of para-hydroxylation sites is 2. The summed E-state index contributed by atoms with van der Waals surface area (Å²) in [5, 5.41) is 0. The Morgan fingerprint density at radius 1 is 1.04 bits per heavy atom. The molecule has 0 bridgehead atoms. The lowest BCUT2D eigenvalue weighted by atomic mass is 10.1. The van der Waals surface area contributed by atoms with Crippen LogP contribution in [0.2, 0.25) is 0 Å². The first kappa shape index (κ1) is 16.3. The summed E-state index contributed by atoms with van der Waals surface area (Å²) < 4.78 is 17.0. The predicted octanol–water partition coefficient (Wildman–Crippen LogP) is 3.86. The fourth-order valence-corrected chi connectivity index (χ4v) is 2.98. The summed E-state index contributed by atoms with van der Waals surface area (Å²) in [7, 11) is 1.77. The first-order valence-electron chi connectivity index (χ1n) is 8.48. The topological polar surface area (TPSA) is 51.9 Å². The summed E-state index contributed by atoms with van der Waals surface area (Å²) in [6.45, 7) is 0.874. The first-order chi connectivity index (χ1) is 12.7. The molecule has 1 aliphatic heterocycles. The quantitative estimate of drug-likeness (QED) is 0.718. The number of benzene rings is 2. The van der Waals surface area contributed by atoms with Gasteiger partial charge < -0.3 is 18.8 Å². The van der Waals surface area contributed by atoms with Crippen molar-refractivity contribution in [2.75, 3.05) is 20.2 Å². The lowest BCUT2D eigenvalue weighted by Crippen LogP contribution is -2.41. The summed E-state index contributed by atoms with van der Waals surface area (Å²) in [5.74, 6) is 2.18. The Bertz CT molecular complexity index is 887. The molecule has 1 aromatic heterocycles. The van der Waals surface area contributed by atoms with Gasteiger partial charge in [-0.25, -0.2) is 0 Å². The van der Waals surface area contributed by atoms with E-state index in [-0.39, 0.29) is 12.0 Å². The maximum absolute atomic E-state index is 12.7. The maximum atomic E-state index is 12.7. The first-order valence-corrected chi connectivity index (χ1v) is 8.48. The SMILES string of the molecule is CN(CC1COc2ccccc2O1)C(=O)c1ccc(-c2ccco2)cc1. The smallest absolute Gasteiger partial charge is 0.253 e. The molecule has 4 rings (SSSR count). The summed E-state index contributed by atoms with van der Waals surface area (Å²) >= 11 is 0. The van der Waals surface area contributed by atoms with Crippen molar-refractivity contribution in [3.05, 3.63) is 72.5 Å². The molecule has 0 saturated carbocycles. The predicted molar refractivity (Wildman–Crippen MR) is 97.5 cm³/mol. The molecular weight excluding hydrogens is 330 g/mol. The summed E-state index contributed by atoms with van der Waals surface area (Å²) in [6.07, 6.45) is 1.44. The summed E-state index contributed by atoms with van der Waals surface area (Å²) in [4.78, 5) is 14.3. The maximum Gasteiger partial charge on any atom is 0.253 e. The zero-order valence-corrected chi connectivity index (χ0v) is 14.4. The highest BCUT2D eigenvalue weighted by atomic mass is 16.6. The van der Waals surface area contributed by atoms with Gasteiger partial charge in [0.15, 0.2) is 17.6 Å². The van der Waals surface area contributed by atoms with Crippen LogP contribution in [0.4, 0.5) is 0 Å². The minimum atomic E-state index is -0.193. The molecule has 5 nitrogen and oxygen atoms in total. The van der Waals surface area contributed by atoms with Crippen molar-refractivity contribution in [3.8, 4) is 22.8 Å². The molecule has 3 aromatic rings. The molecule has 1 atom stereocenters. The molecule has 1 aliphatic rings. The number of ether oxygens (including phenoxy) is 2. The van der Waals surface area contributed by atoms with Gasteiger partial charge in [0.1, 0.15) is 12.4 Å². The van der Waals surface area contributed by atoms with Crippen LogP contribution in [0.3, 0.4) is 0 Å². The van der Waals surface area contributed by atoms with E-state index >= 15 is 0 Å². The average Bonchev–Trinajstić information content (AvgIpc) is 3.22. The molecule has 26 heavy (non-hydrogen) atoms. The van der Waals surface area contributed by atoms with Crippen LogP contribution in [0.1, 0.15) is 10.4 Å². The Kier molecular flexibility index (Phi) is 4.35. The van der Waals surface area contributed by atoms with Gasteiger partial charge in [-0.3, -0.25) is 4.79 Å². The lowest BCUT2D eigenvalue weighted by molar-refractivity contribution is 0.0521. The van der Waals surface area contributed by atoms with Crippen LogP contribution in [0, 0.1) is 0 Å². The number of carbonyl (C=O) groups excluding carboxylic acids is 1. The number of carbonyl (C=O) groups is 1. The molecule has 0 saturated heterocycles. The van der Waals surface area contributed by atoms with Gasteiger partial charge in [-0.05, 0) is 36.4 Å². The van der Waals surface area contributed by atoms with Crippen LogP contribution in [0.25, 0.3) is 11.3 Å². The number of furan rings is 1. The Morgan fingerprint density at radius 2 is 1.81 bits per heavy atom. The van der Waals surface area contributed by atoms with E-state index in [1.807, 2.05) is 60.7 Å². The van der Waals surface area contributed by atoms with Crippen LogP contribution in [-0.2, 0) is 0 Å². The molecule has 1 unspecified atom stereocenters. The van der Waals surface area contributed by atoms with E-state index < -0.39 is 0 Å². The van der Waals surface area contributed by atoms with Gasteiger partial charge in [0.05, 0.1) is 12.8 Å². The number of rotatable bonds is 4. The van der Waals surface area contributed by atoms with Crippen molar-refractivity contribution in [1.29, 1.82) is 0 Å². The number of amides is 1. The Labute approximate surface area is 151 Å². The minimum Gasteiger partial charge on any atom is -0.486 e. The molecule has 1 amide bonds. The largest absolute Gasteiger partial charge is 0.486 e. The van der Waals surface area contributed by atoms with Gasteiger partial charge in [-0.15, -0.1) is 0 Å². The van der Waals surface area contributed by atoms with Crippen molar-refractivity contribution in [2.24, 2.45) is 0 Å². The Hall–Kier alpha value is -3.21. The van der Waals surface area contributed by atoms with Crippen molar-refractivity contribution in [3.63, 3.8) is 0 Å². The van der Waals surface area contributed by atoms with Gasteiger partial charge >= 0.3 is 0 Å². The minimum absolute atomic E-state index is 0.0570. The number of hydrogen-bond donors (Lipinski definition) is 0. The Morgan fingerprint density at radius 3 is 2.54 bits per heavy atom. The van der Waals surface area contributed by atoms with Gasteiger partial charge in [0, 0.05) is 18.2 Å². The van der Waals surface area contributed by atoms with E-state index in [0.29, 0.717) is 24.5 Å². The normalized spacial score (nSPS) is 15.5. The molecule has 0 fully saturated rings. The van der Waals surface area contributed by atoms with Crippen LogP contribution in [-0.4, -0.2) is 37.1 Å². The van der Waals surface area contributed by atoms with Crippen LogP contribution >= 0.6 is 0 Å². The zero-order chi connectivity index (χ0) is 17.9. The number of nitrogens with zero attached hydrogens (tertiary/aromatic N) is 1. The molecule has 132 valence electrons. The van der Waals surface area contributed by atoms with E-state index in [1.54, 1.807) is 18.2 Å². The molecule has 5 heteroatoms. The van der Waals surface area contributed by atoms with Gasteiger partial charge in [0.25, 0.3) is 5.91 Å². The fraction of sp³-hybridized carbons (Fsp3) is 0.190. The highest BCUT2D eigenvalue weighted by Gasteiger charge is 2.24. The molecule has 2 aromatic carbocycles. The second-order valence-electron chi connectivity index (χ2n) is 6.24. The van der Waals surface area contributed by atoms with Crippen molar-refractivity contribution < 1.29 is 18.7 Å². The van der Waals surface area contributed by atoms with Crippen LogP contribution in [0.15, 0.2) is 71.3 Å². The number of fused-ring (bicyclic) bond motifs is 1. The third-order valence-corrected chi connectivity index (χ3v) is 4.33. The second kappa shape index (κ2) is 6.96. The molecule has 0 radical (unpaired) electrons. The highest BCUT2D eigenvalue weighted by molar-refractivity contribution is 5.94. The van der Waals surface area contributed by atoms with Gasteiger partial charge in [-0.2, -0.15) is 0 Å². The van der Waals surface area contributed by atoms with Gasteiger partial charge in [-0.1, -0.05) is 24.3 Å². The highest BCUT2D eigenvalue weighted by Crippen LogP contribution is 2.31. The van der Waals surface area contributed by atoms with E-state index in [0.717, 1.165) is 17.1 Å². The third-order valence-electron chi connectivity index (χ3n) is 4.33. The zero-order valence-electron chi connectivity index (χ0n) is 14.4. The third kappa shape index (κ3) is 3.28. The van der Waals surface area contributed by atoms with Crippen LogP contribution < -0.4 is 9.47 Å². The average molecular weight is 349 g/mol. The molecule has 2 heterocycles. The van der Waals surface area contributed by atoms with E-state index in [2.05, 4.69) is 0 Å². The standard InChI is InChI=1S/C21H19NO4/c1-22(13-17-14-25-19-5-2-3-6-20(19)26-17)21(23)16-10-8-15(9-11-16)18-7-4-12-24-18/h2-12,17H,13-14H2,1H3. The molecule has 0 spiro atoms. The number of hydrogen-bond acceptors (Lipinski definition) is 4. The summed E-state index contributed by atoms with van der Waals surface area (Å²) in [5.41, 5.74) is 1.56. The van der Waals surface area contributed by atoms with E-state index in [4.69, 9.17) is 13.9 Å².